The maximum Gasteiger partial charge on any atom is 0.0928 e. The third kappa shape index (κ3) is 2.57. The van der Waals surface area contributed by atoms with Gasteiger partial charge in [-0.05, 0) is 31.4 Å². The van der Waals surface area contributed by atoms with Gasteiger partial charge in [0, 0.05) is 17.6 Å². The number of nitrogens with zero attached hydrogens (tertiary/aromatic N) is 1. The molecule has 1 aromatic carbocycles. The van der Waals surface area contributed by atoms with Crippen molar-refractivity contribution in [3.05, 3.63) is 32.4 Å². The van der Waals surface area contributed by atoms with Crippen molar-refractivity contribution < 1.29 is 0 Å². The van der Waals surface area contributed by atoms with E-state index in [4.69, 9.17) is 34.8 Å². The maximum absolute atomic E-state index is 6.40. The van der Waals surface area contributed by atoms with Crippen molar-refractivity contribution in [2.45, 2.75) is 33.6 Å². The molecule has 0 amide bonds. The Labute approximate surface area is 134 Å². The van der Waals surface area contributed by atoms with Crippen molar-refractivity contribution in [1.29, 1.82) is 0 Å². The van der Waals surface area contributed by atoms with Crippen LogP contribution < -0.4 is 5.32 Å². The largest absolute Gasteiger partial charge is 0.384 e. The van der Waals surface area contributed by atoms with Gasteiger partial charge in [0.05, 0.1) is 26.3 Å². The number of pyridine rings is 1. The van der Waals surface area contributed by atoms with Crippen LogP contribution in [0.3, 0.4) is 0 Å². The third-order valence-corrected chi connectivity index (χ3v) is 4.34. The summed E-state index contributed by atoms with van der Waals surface area (Å²) in [6, 6.07) is 1.64. The Bertz CT molecular complexity index is 666. The minimum absolute atomic E-state index is 0.328. The molecule has 0 radical (unpaired) electrons. The molecule has 2 rings (SSSR count). The average molecular weight is 332 g/mol. The number of anilines is 1. The molecule has 0 aliphatic rings. The van der Waals surface area contributed by atoms with Gasteiger partial charge >= 0.3 is 0 Å². The van der Waals surface area contributed by atoms with Crippen molar-refractivity contribution in [2.75, 3.05) is 11.9 Å². The minimum atomic E-state index is 0.328. The Morgan fingerprint density at radius 2 is 1.85 bits per heavy atom. The molecule has 0 fully saturated rings. The van der Waals surface area contributed by atoms with Crippen LogP contribution in [0.25, 0.3) is 10.9 Å². The van der Waals surface area contributed by atoms with Crippen molar-refractivity contribution in [3.63, 3.8) is 0 Å². The average Bonchev–Trinajstić information content (AvgIpc) is 2.35. The van der Waals surface area contributed by atoms with E-state index in [0.29, 0.717) is 26.5 Å². The number of rotatable bonds is 3. The lowest BCUT2D eigenvalue weighted by molar-refractivity contribution is 0.848. The summed E-state index contributed by atoms with van der Waals surface area (Å²) in [5, 5.41) is 5.67. The first kappa shape index (κ1) is 15.7. The molecule has 0 saturated heterocycles. The predicted octanol–water partition coefficient (Wildman–Crippen LogP) is 6.06. The highest BCUT2D eigenvalue weighted by Gasteiger charge is 2.20. The summed E-state index contributed by atoms with van der Waals surface area (Å²) in [5.41, 5.74) is 3.79. The van der Waals surface area contributed by atoms with E-state index < -0.39 is 0 Å². The number of aryl methyl sites for hydroxylation is 1. The normalized spacial score (nSPS) is 11.4. The third-order valence-electron chi connectivity index (χ3n) is 3.27. The van der Waals surface area contributed by atoms with Crippen LogP contribution in [0.15, 0.2) is 6.07 Å². The van der Waals surface area contributed by atoms with Gasteiger partial charge in [0.15, 0.2) is 0 Å². The molecule has 0 spiro atoms. The Balaban J connectivity index is 2.99. The standard InChI is InChI=1S/C15H17Cl3N2/c1-5-19-15-11(7(2)3)8(4)20-14-10(17)6-9(16)13(18)12(14)15/h6-7H,5H2,1-4H3,(H,19,20). The molecular formula is C15H17Cl3N2. The topological polar surface area (TPSA) is 24.9 Å². The molecule has 2 nitrogen and oxygen atoms in total. The lowest BCUT2D eigenvalue weighted by Crippen LogP contribution is -2.07. The molecule has 0 atom stereocenters. The molecule has 1 N–H and O–H groups in total. The van der Waals surface area contributed by atoms with Crippen LogP contribution in [0.1, 0.15) is 37.9 Å². The number of fused-ring (bicyclic) bond motifs is 1. The number of aromatic nitrogens is 1. The first-order valence-corrected chi connectivity index (χ1v) is 7.73. The van der Waals surface area contributed by atoms with Gasteiger partial charge in [-0.25, -0.2) is 0 Å². The van der Waals surface area contributed by atoms with Crippen LogP contribution in [0.4, 0.5) is 5.69 Å². The fourth-order valence-corrected chi connectivity index (χ4v) is 3.28. The fraction of sp³-hybridized carbons (Fsp3) is 0.400. The van der Waals surface area contributed by atoms with Crippen LogP contribution in [-0.4, -0.2) is 11.5 Å². The Kier molecular flexibility index (Phi) is 4.68. The molecule has 0 aliphatic heterocycles. The van der Waals surface area contributed by atoms with Crippen LogP contribution in [0.5, 0.6) is 0 Å². The number of hydrogen-bond donors (Lipinski definition) is 1. The molecule has 1 aromatic heterocycles. The second kappa shape index (κ2) is 5.97. The van der Waals surface area contributed by atoms with E-state index in [-0.39, 0.29) is 0 Å². The second-order valence-electron chi connectivity index (χ2n) is 5.05. The highest BCUT2D eigenvalue weighted by molar-refractivity contribution is 6.48. The molecule has 0 saturated carbocycles. The van der Waals surface area contributed by atoms with Crippen molar-refractivity contribution in [1.82, 2.24) is 4.98 Å². The summed E-state index contributed by atoms with van der Waals surface area (Å²) in [6.07, 6.45) is 0. The molecule has 1 heterocycles. The van der Waals surface area contributed by atoms with Crippen molar-refractivity contribution in [2.24, 2.45) is 0 Å². The van der Waals surface area contributed by atoms with Gasteiger partial charge < -0.3 is 5.32 Å². The number of hydrogen-bond acceptors (Lipinski definition) is 2. The van der Waals surface area contributed by atoms with Gasteiger partial charge in [0.1, 0.15) is 0 Å². The zero-order valence-corrected chi connectivity index (χ0v) is 14.2. The van der Waals surface area contributed by atoms with E-state index >= 15 is 0 Å². The van der Waals surface area contributed by atoms with E-state index in [1.165, 1.54) is 0 Å². The van der Waals surface area contributed by atoms with Gasteiger partial charge in [0.25, 0.3) is 0 Å². The van der Waals surface area contributed by atoms with Crippen LogP contribution >= 0.6 is 34.8 Å². The first-order chi connectivity index (χ1) is 9.38. The summed E-state index contributed by atoms with van der Waals surface area (Å²) >= 11 is 18.8. The quantitative estimate of drug-likeness (QED) is 0.692. The Hall–Kier alpha value is -0.700. The summed E-state index contributed by atoms with van der Waals surface area (Å²) in [6.45, 7) is 9.10. The van der Waals surface area contributed by atoms with Gasteiger partial charge in [-0.3, -0.25) is 4.98 Å². The summed E-state index contributed by atoms with van der Waals surface area (Å²) < 4.78 is 0. The lowest BCUT2D eigenvalue weighted by Gasteiger charge is -2.20. The van der Waals surface area contributed by atoms with Gasteiger partial charge in [-0.1, -0.05) is 48.7 Å². The molecule has 0 bridgehead atoms. The predicted molar refractivity (Wildman–Crippen MR) is 89.8 cm³/mol. The fourth-order valence-electron chi connectivity index (χ4n) is 2.53. The zero-order chi connectivity index (χ0) is 15.0. The number of benzene rings is 1. The molecule has 0 unspecified atom stereocenters. The molecular weight excluding hydrogens is 315 g/mol. The highest BCUT2D eigenvalue weighted by Crippen LogP contribution is 2.42. The Morgan fingerprint density at radius 3 is 2.40 bits per heavy atom. The number of nitrogens with one attached hydrogen (secondary N) is 1. The molecule has 0 aliphatic carbocycles. The van der Waals surface area contributed by atoms with Crippen LogP contribution in [0, 0.1) is 6.92 Å². The highest BCUT2D eigenvalue weighted by atomic mass is 35.5. The van der Waals surface area contributed by atoms with E-state index in [9.17, 15) is 0 Å². The number of halogens is 3. The summed E-state index contributed by atoms with van der Waals surface area (Å²) in [4.78, 5) is 4.63. The zero-order valence-electron chi connectivity index (χ0n) is 11.9. The van der Waals surface area contributed by atoms with E-state index in [0.717, 1.165) is 28.9 Å². The van der Waals surface area contributed by atoms with E-state index in [1.807, 2.05) is 13.8 Å². The maximum atomic E-state index is 6.40. The van der Waals surface area contributed by atoms with Crippen LogP contribution in [0.2, 0.25) is 15.1 Å². The van der Waals surface area contributed by atoms with E-state index in [2.05, 4.69) is 24.1 Å². The monoisotopic (exact) mass is 330 g/mol. The van der Waals surface area contributed by atoms with Gasteiger partial charge in [-0.15, -0.1) is 0 Å². The summed E-state index contributed by atoms with van der Waals surface area (Å²) in [7, 11) is 0. The smallest absolute Gasteiger partial charge is 0.0928 e. The molecule has 5 heteroatoms. The second-order valence-corrected chi connectivity index (χ2v) is 6.24. The molecule has 20 heavy (non-hydrogen) atoms. The van der Waals surface area contributed by atoms with Crippen molar-refractivity contribution in [3.8, 4) is 0 Å². The first-order valence-electron chi connectivity index (χ1n) is 6.60. The van der Waals surface area contributed by atoms with E-state index in [1.54, 1.807) is 6.07 Å². The van der Waals surface area contributed by atoms with Crippen LogP contribution in [-0.2, 0) is 0 Å². The Morgan fingerprint density at radius 1 is 1.20 bits per heavy atom. The molecule has 108 valence electrons. The lowest BCUT2D eigenvalue weighted by atomic mass is 9.96. The SMILES string of the molecule is CCNc1c(C(C)C)c(C)nc2c(Cl)cc(Cl)c(Cl)c12. The van der Waals surface area contributed by atoms with Gasteiger partial charge in [0.2, 0.25) is 0 Å². The minimum Gasteiger partial charge on any atom is -0.384 e. The van der Waals surface area contributed by atoms with Crippen molar-refractivity contribution >= 4 is 51.4 Å². The molecule has 2 aromatic rings. The van der Waals surface area contributed by atoms with Gasteiger partial charge in [-0.2, -0.15) is 0 Å². The summed E-state index contributed by atoms with van der Waals surface area (Å²) in [5.74, 6) is 0.328.